The van der Waals surface area contributed by atoms with Gasteiger partial charge < -0.3 is 10.3 Å². The summed E-state index contributed by atoms with van der Waals surface area (Å²) in [6, 6.07) is 7.92. The lowest BCUT2D eigenvalue weighted by atomic mass is 10.0. The summed E-state index contributed by atoms with van der Waals surface area (Å²) in [5, 5.41) is 4.78. The highest BCUT2D eigenvalue weighted by molar-refractivity contribution is 7.80. The molecular weight excluding hydrogens is 318 g/mol. The van der Waals surface area contributed by atoms with Gasteiger partial charge in [0.15, 0.2) is 5.11 Å². The number of allylic oxidation sites excluding steroid dienone is 3. The average Bonchev–Trinajstić information content (AvgIpc) is 3.14. The number of fused-ring (bicyclic) bond motifs is 1. The third-order valence-corrected chi connectivity index (χ3v) is 4.46. The summed E-state index contributed by atoms with van der Waals surface area (Å²) >= 11 is 5.38. The molecule has 2 N–H and O–H groups in total. The second-order valence-electron chi connectivity index (χ2n) is 5.80. The highest BCUT2D eigenvalue weighted by Crippen LogP contribution is 2.20. The number of aromatic nitrogens is 1. The van der Waals surface area contributed by atoms with E-state index in [0.29, 0.717) is 11.5 Å². The first-order valence-corrected chi connectivity index (χ1v) is 8.58. The van der Waals surface area contributed by atoms with Crippen molar-refractivity contribution in [2.24, 2.45) is 0 Å². The maximum absolute atomic E-state index is 12.8. The zero-order chi connectivity index (χ0) is 17.1. The number of carbonyl (C=O) groups excluding carboxylic acids is 1. The van der Waals surface area contributed by atoms with Crippen LogP contribution in [-0.2, 0) is 11.2 Å². The minimum absolute atomic E-state index is 0.00280. The maximum atomic E-state index is 12.8. The summed E-state index contributed by atoms with van der Waals surface area (Å²) in [4.78, 5) is 17.6. The van der Waals surface area contributed by atoms with Crippen molar-refractivity contribution in [2.75, 3.05) is 0 Å². The Hall–Kier alpha value is -2.40. The van der Waals surface area contributed by atoms with Crippen LogP contribution < -0.4 is 5.32 Å². The molecule has 124 valence electrons. The van der Waals surface area contributed by atoms with Crippen LogP contribution in [-0.4, -0.2) is 26.9 Å². The molecule has 1 aliphatic heterocycles. The van der Waals surface area contributed by atoms with E-state index in [0.717, 1.165) is 28.6 Å². The largest absolute Gasteiger partial charge is 0.361 e. The Morgan fingerprint density at radius 3 is 2.96 bits per heavy atom. The standard InChI is InChI=1S/C19H21N3OS/c1-3-5-6-15(4-2)22-18(23)17(21-19(22)24)12-13-7-8-16-14(11-13)9-10-20-16/h4-11,17,20H,3,12H2,1-2H3,(H,21,24)/b6-5-,15-4+. The van der Waals surface area contributed by atoms with E-state index in [2.05, 4.69) is 23.3 Å². The van der Waals surface area contributed by atoms with Gasteiger partial charge in [-0.15, -0.1) is 0 Å². The van der Waals surface area contributed by atoms with Gasteiger partial charge in [0.25, 0.3) is 5.91 Å². The molecular formula is C19H21N3OS. The molecule has 0 bridgehead atoms. The fourth-order valence-electron chi connectivity index (χ4n) is 2.92. The summed E-state index contributed by atoms with van der Waals surface area (Å²) in [6.07, 6.45) is 9.33. The second-order valence-corrected chi connectivity index (χ2v) is 6.19. The molecule has 0 saturated carbocycles. The van der Waals surface area contributed by atoms with Crippen LogP contribution in [0.15, 0.2) is 54.4 Å². The molecule has 0 radical (unpaired) electrons. The third kappa shape index (κ3) is 3.12. The molecule has 4 nitrogen and oxygen atoms in total. The van der Waals surface area contributed by atoms with Gasteiger partial charge in [0.2, 0.25) is 0 Å². The normalized spacial score (nSPS) is 18.8. The lowest BCUT2D eigenvalue weighted by Crippen LogP contribution is -2.31. The van der Waals surface area contributed by atoms with Crippen LogP contribution in [0.2, 0.25) is 0 Å². The Bertz CT molecular complexity index is 834. The molecule has 3 rings (SSSR count). The number of hydrogen-bond donors (Lipinski definition) is 2. The van der Waals surface area contributed by atoms with Crippen LogP contribution in [0.4, 0.5) is 0 Å². The van der Waals surface area contributed by atoms with Crippen molar-refractivity contribution < 1.29 is 4.79 Å². The highest BCUT2D eigenvalue weighted by atomic mass is 32.1. The minimum Gasteiger partial charge on any atom is -0.361 e. The van der Waals surface area contributed by atoms with Gasteiger partial charge in [-0.3, -0.25) is 9.69 Å². The number of amides is 1. The number of rotatable bonds is 5. The molecule has 24 heavy (non-hydrogen) atoms. The van der Waals surface area contributed by atoms with Gasteiger partial charge in [-0.25, -0.2) is 0 Å². The Kier molecular flexibility index (Phi) is 4.81. The number of nitrogens with one attached hydrogen (secondary N) is 2. The molecule has 1 atom stereocenters. The number of aromatic amines is 1. The molecule has 0 aliphatic carbocycles. The summed E-state index contributed by atoms with van der Waals surface area (Å²) in [6.45, 7) is 3.98. The summed E-state index contributed by atoms with van der Waals surface area (Å²) in [5.74, 6) is 0.00280. The monoisotopic (exact) mass is 339 g/mol. The Morgan fingerprint density at radius 1 is 1.38 bits per heavy atom. The molecule has 1 aromatic carbocycles. The first-order valence-electron chi connectivity index (χ1n) is 8.17. The van der Waals surface area contributed by atoms with Crippen LogP contribution in [0.25, 0.3) is 10.9 Å². The summed E-state index contributed by atoms with van der Waals surface area (Å²) < 4.78 is 0. The number of carbonyl (C=O) groups is 1. The number of hydrogen-bond acceptors (Lipinski definition) is 2. The maximum Gasteiger partial charge on any atom is 0.256 e. The molecule has 5 heteroatoms. The Balaban J connectivity index is 1.79. The molecule has 0 spiro atoms. The van der Waals surface area contributed by atoms with Gasteiger partial charge in [0.1, 0.15) is 6.04 Å². The van der Waals surface area contributed by atoms with E-state index in [9.17, 15) is 4.79 Å². The van der Waals surface area contributed by atoms with Gasteiger partial charge in [0.05, 0.1) is 0 Å². The molecule has 2 aromatic rings. The third-order valence-electron chi connectivity index (χ3n) is 4.16. The zero-order valence-electron chi connectivity index (χ0n) is 13.9. The second kappa shape index (κ2) is 7.01. The SMILES string of the molecule is C/C=C(\C=C/CC)N1C(=O)C(Cc2ccc3[nH]ccc3c2)NC1=S. The van der Waals surface area contributed by atoms with Crippen molar-refractivity contribution in [1.29, 1.82) is 0 Å². The van der Waals surface area contributed by atoms with E-state index in [-0.39, 0.29) is 11.9 Å². The molecule has 1 fully saturated rings. The predicted octanol–water partition coefficient (Wildman–Crippen LogP) is 3.67. The topological polar surface area (TPSA) is 48.1 Å². The van der Waals surface area contributed by atoms with Gasteiger partial charge in [-0.05, 0) is 60.8 Å². The van der Waals surface area contributed by atoms with Crippen LogP contribution in [0.3, 0.4) is 0 Å². The number of nitrogens with zero attached hydrogens (tertiary/aromatic N) is 1. The van der Waals surface area contributed by atoms with Crippen molar-refractivity contribution >= 4 is 34.1 Å². The van der Waals surface area contributed by atoms with E-state index in [1.54, 1.807) is 4.90 Å². The van der Waals surface area contributed by atoms with Gasteiger partial charge in [-0.1, -0.05) is 25.1 Å². The van der Waals surface area contributed by atoms with Crippen molar-refractivity contribution in [2.45, 2.75) is 32.7 Å². The fraction of sp³-hybridized carbons (Fsp3) is 0.263. The molecule has 1 aliphatic rings. The van der Waals surface area contributed by atoms with E-state index < -0.39 is 0 Å². The summed E-state index contributed by atoms with van der Waals surface area (Å²) in [5.41, 5.74) is 3.04. The van der Waals surface area contributed by atoms with Gasteiger partial charge in [-0.2, -0.15) is 0 Å². The predicted molar refractivity (Wildman–Crippen MR) is 102 cm³/mol. The Labute approximate surface area is 147 Å². The zero-order valence-corrected chi connectivity index (χ0v) is 14.7. The van der Waals surface area contributed by atoms with Crippen LogP contribution in [0, 0.1) is 0 Å². The first kappa shape index (κ1) is 16.5. The molecule has 1 amide bonds. The highest BCUT2D eigenvalue weighted by Gasteiger charge is 2.36. The lowest BCUT2D eigenvalue weighted by Gasteiger charge is -2.16. The van der Waals surface area contributed by atoms with Crippen molar-refractivity contribution in [3.05, 3.63) is 60.0 Å². The van der Waals surface area contributed by atoms with E-state index in [1.165, 1.54) is 0 Å². The van der Waals surface area contributed by atoms with Crippen molar-refractivity contribution in [3.63, 3.8) is 0 Å². The number of H-pyrrole nitrogens is 1. The van der Waals surface area contributed by atoms with Crippen molar-refractivity contribution in [1.82, 2.24) is 15.2 Å². The number of thiocarbonyl (C=S) groups is 1. The van der Waals surface area contributed by atoms with E-state index >= 15 is 0 Å². The molecule has 1 saturated heterocycles. The van der Waals surface area contributed by atoms with Gasteiger partial charge in [0, 0.05) is 23.8 Å². The minimum atomic E-state index is -0.320. The number of benzene rings is 1. The first-order chi connectivity index (χ1) is 11.6. The van der Waals surface area contributed by atoms with E-state index in [4.69, 9.17) is 12.2 Å². The van der Waals surface area contributed by atoms with Crippen molar-refractivity contribution in [3.8, 4) is 0 Å². The molecule has 1 unspecified atom stereocenters. The quantitative estimate of drug-likeness (QED) is 0.645. The smallest absolute Gasteiger partial charge is 0.256 e. The van der Waals surface area contributed by atoms with Crippen LogP contribution >= 0.6 is 12.2 Å². The Morgan fingerprint density at radius 2 is 2.21 bits per heavy atom. The molecule has 2 heterocycles. The summed E-state index contributed by atoms with van der Waals surface area (Å²) in [7, 11) is 0. The lowest BCUT2D eigenvalue weighted by molar-refractivity contribution is -0.125. The van der Waals surface area contributed by atoms with Gasteiger partial charge >= 0.3 is 0 Å². The van der Waals surface area contributed by atoms with Crippen LogP contribution in [0.1, 0.15) is 25.8 Å². The molecule has 1 aromatic heterocycles. The van der Waals surface area contributed by atoms with Crippen LogP contribution in [0.5, 0.6) is 0 Å². The fourth-order valence-corrected chi connectivity index (χ4v) is 3.26. The van der Waals surface area contributed by atoms with E-state index in [1.807, 2.05) is 49.5 Å². The average molecular weight is 339 g/mol.